The van der Waals surface area contributed by atoms with Gasteiger partial charge in [-0.15, -0.1) is 0 Å². The van der Waals surface area contributed by atoms with Gasteiger partial charge in [0.25, 0.3) is 5.91 Å². The summed E-state index contributed by atoms with van der Waals surface area (Å²) in [5.74, 6) is -0.629. The highest BCUT2D eigenvalue weighted by molar-refractivity contribution is 5.83. The molecule has 0 aromatic heterocycles. The van der Waals surface area contributed by atoms with E-state index in [-0.39, 0.29) is 0 Å². The van der Waals surface area contributed by atoms with Gasteiger partial charge in [-0.05, 0) is 0 Å². The van der Waals surface area contributed by atoms with Crippen LogP contribution in [0.2, 0.25) is 0 Å². The Hall–Kier alpha value is -1.34. The first-order chi connectivity index (χ1) is 6.15. The lowest BCUT2D eigenvalue weighted by molar-refractivity contribution is -0.143. The lowest BCUT2D eigenvalue weighted by Gasteiger charge is -2.14. The zero-order chi connectivity index (χ0) is 10.3. The van der Waals surface area contributed by atoms with Crippen molar-refractivity contribution >= 4 is 12.0 Å². The summed E-state index contributed by atoms with van der Waals surface area (Å²) >= 11 is 0. The van der Waals surface area contributed by atoms with Gasteiger partial charge in [0.15, 0.2) is 0 Å². The molecule has 0 rings (SSSR count). The molecular weight excluding hydrogens is 180 g/mol. The average molecular weight is 192 g/mol. The predicted molar refractivity (Wildman–Crippen MR) is 41.5 cm³/mol. The summed E-state index contributed by atoms with van der Waals surface area (Å²) < 4.78 is 8.89. The van der Waals surface area contributed by atoms with Gasteiger partial charge in [-0.3, -0.25) is 14.9 Å². The zero-order valence-corrected chi connectivity index (χ0v) is 7.62. The van der Waals surface area contributed by atoms with E-state index in [1.807, 2.05) is 5.48 Å². The zero-order valence-electron chi connectivity index (χ0n) is 7.62. The second kappa shape index (κ2) is 6.21. The molecule has 0 bridgehead atoms. The minimum atomic E-state index is -1.13. The largest absolute Gasteiger partial charge is 0.453 e. The smallest absolute Gasteiger partial charge is 0.409 e. The molecule has 0 aliphatic carbocycles. The molecule has 0 saturated heterocycles. The summed E-state index contributed by atoms with van der Waals surface area (Å²) in [6.07, 6.45) is -1.90. The molecule has 0 aromatic carbocycles. The fourth-order valence-corrected chi connectivity index (χ4v) is 0.552. The van der Waals surface area contributed by atoms with Crippen LogP contribution in [0.5, 0.6) is 0 Å². The average Bonchev–Trinajstić information content (AvgIpc) is 2.14. The molecule has 7 heteroatoms. The number of amides is 2. The van der Waals surface area contributed by atoms with E-state index in [0.717, 1.165) is 0 Å². The summed E-state index contributed by atoms with van der Waals surface area (Å²) in [4.78, 5) is 26.0. The van der Waals surface area contributed by atoms with Gasteiger partial charge in [-0.2, -0.15) is 0 Å². The first-order valence-electron chi connectivity index (χ1n) is 3.35. The first-order valence-corrected chi connectivity index (χ1v) is 3.35. The van der Waals surface area contributed by atoms with Gasteiger partial charge in [0, 0.05) is 7.11 Å². The van der Waals surface area contributed by atoms with Crippen molar-refractivity contribution in [3.8, 4) is 0 Å². The van der Waals surface area contributed by atoms with E-state index in [1.54, 1.807) is 0 Å². The molecule has 1 unspecified atom stereocenters. The Labute approximate surface area is 75.3 Å². The van der Waals surface area contributed by atoms with Crippen molar-refractivity contribution in [3.63, 3.8) is 0 Å². The lowest BCUT2D eigenvalue weighted by Crippen LogP contribution is -2.47. The van der Waals surface area contributed by atoms with Crippen molar-refractivity contribution in [2.45, 2.75) is 6.23 Å². The molecule has 7 nitrogen and oxygen atoms in total. The molecule has 0 spiro atoms. The number of rotatable bonds is 4. The minimum Gasteiger partial charge on any atom is -0.453 e. The summed E-state index contributed by atoms with van der Waals surface area (Å²) in [6, 6.07) is 0. The molecule has 1 atom stereocenters. The van der Waals surface area contributed by atoms with Crippen LogP contribution < -0.4 is 10.8 Å². The van der Waals surface area contributed by atoms with Crippen LogP contribution in [-0.4, -0.2) is 39.6 Å². The van der Waals surface area contributed by atoms with Crippen LogP contribution in [-0.2, 0) is 19.1 Å². The van der Waals surface area contributed by atoms with Crippen molar-refractivity contribution in [2.75, 3.05) is 21.3 Å². The van der Waals surface area contributed by atoms with E-state index in [2.05, 4.69) is 19.6 Å². The summed E-state index contributed by atoms with van der Waals surface area (Å²) in [7, 11) is 3.70. The number of hydrogen-bond donors (Lipinski definition) is 2. The quantitative estimate of drug-likeness (QED) is 0.440. The number of nitrogens with one attached hydrogen (secondary N) is 2. The molecular formula is C6H12N2O5. The number of hydrogen-bond acceptors (Lipinski definition) is 5. The Morgan fingerprint density at radius 2 is 1.85 bits per heavy atom. The third-order valence-corrected chi connectivity index (χ3v) is 1.11. The minimum absolute atomic E-state index is 0.629. The van der Waals surface area contributed by atoms with Crippen molar-refractivity contribution in [1.82, 2.24) is 10.8 Å². The second-order valence-corrected chi connectivity index (χ2v) is 1.92. The van der Waals surface area contributed by atoms with Gasteiger partial charge < -0.3 is 9.47 Å². The molecule has 2 amide bonds. The fourth-order valence-electron chi connectivity index (χ4n) is 0.552. The maximum atomic E-state index is 11.0. The molecule has 0 radical (unpaired) electrons. The van der Waals surface area contributed by atoms with E-state index < -0.39 is 18.2 Å². The third-order valence-electron chi connectivity index (χ3n) is 1.11. The molecule has 0 aliphatic rings. The van der Waals surface area contributed by atoms with E-state index >= 15 is 0 Å². The normalized spacial score (nSPS) is 11.6. The highest BCUT2D eigenvalue weighted by Gasteiger charge is 2.19. The lowest BCUT2D eigenvalue weighted by atomic mass is 10.5. The molecule has 2 N–H and O–H groups in total. The fraction of sp³-hybridized carbons (Fsp3) is 0.667. The van der Waals surface area contributed by atoms with E-state index in [4.69, 9.17) is 0 Å². The van der Waals surface area contributed by atoms with Gasteiger partial charge in [0.2, 0.25) is 6.23 Å². The Balaban J connectivity index is 4.01. The molecule has 0 aromatic rings. The molecule has 13 heavy (non-hydrogen) atoms. The first kappa shape index (κ1) is 11.7. The van der Waals surface area contributed by atoms with Crippen molar-refractivity contribution in [1.29, 1.82) is 0 Å². The van der Waals surface area contributed by atoms with Crippen LogP contribution in [0.3, 0.4) is 0 Å². The highest BCUT2D eigenvalue weighted by Crippen LogP contribution is 1.86. The van der Waals surface area contributed by atoms with Gasteiger partial charge in [-0.25, -0.2) is 10.3 Å². The van der Waals surface area contributed by atoms with E-state index in [0.29, 0.717) is 0 Å². The van der Waals surface area contributed by atoms with Gasteiger partial charge in [0.1, 0.15) is 0 Å². The SMILES string of the molecule is CONC(=O)C(NC(=O)OC)OC. The van der Waals surface area contributed by atoms with Crippen LogP contribution in [0.4, 0.5) is 4.79 Å². The Bertz CT molecular complexity index is 184. The number of hydroxylamine groups is 1. The summed E-state index contributed by atoms with van der Waals surface area (Å²) in [5, 5.41) is 2.13. The van der Waals surface area contributed by atoms with Crippen LogP contribution >= 0.6 is 0 Å². The molecule has 76 valence electrons. The molecule has 0 saturated carbocycles. The summed E-state index contributed by atoms with van der Waals surface area (Å²) in [5.41, 5.74) is 1.99. The standard InChI is InChI=1S/C6H12N2O5/c1-11-5(4(9)8-13-3)7-6(10)12-2/h5H,1-3H3,(H,7,10)(H,8,9). The maximum absolute atomic E-state index is 11.0. The topological polar surface area (TPSA) is 85.9 Å². The number of methoxy groups -OCH3 is 2. The Morgan fingerprint density at radius 1 is 1.23 bits per heavy atom. The van der Waals surface area contributed by atoms with Crippen LogP contribution in [0.15, 0.2) is 0 Å². The monoisotopic (exact) mass is 192 g/mol. The van der Waals surface area contributed by atoms with E-state index in [9.17, 15) is 9.59 Å². The van der Waals surface area contributed by atoms with Gasteiger partial charge in [0.05, 0.1) is 14.2 Å². The van der Waals surface area contributed by atoms with Crippen LogP contribution in [0, 0.1) is 0 Å². The maximum Gasteiger partial charge on any atom is 0.409 e. The predicted octanol–water partition coefficient (Wildman–Crippen LogP) is -1.01. The molecule has 0 aliphatic heterocycles. The second-order valence-electron chi connectivity index (χ2n) is 1.92. The number of alkyl carbamates (subject to hydrolysis) is 1. The third kappa shape index (κ3) is 4.28. The van der Waals surface area contributed by atoms with Gasteiger partial charge in [-0.1, -0.05) is 0 Å². The highest BCUT2D eigenvalue weighted by atomic mass is 16.6. The number of ether oxygens (including phenoxy) is 2. The van der Waals surface area contributed by atoms with Crippen molar-refractivity contribution < 1.29 is 23.9 Å². The van der Waals surface area contributed by atoms with Crippen LogP contribution in [0.25, 0.3) is 0 Å². The Morgan fingerprint density at radius 3 is 2.23 bits per heavy atom. The van der Waals surface area contributed by atoms with Crippen molar-refractivity contribution in [3.05, 3.63) is 0 Å². The van der Waals surface area contributed by atoms with Crippen molar-refractivity contribution in [2.24, 2.45) is 0 Å². The van der Waals surface area contributed by atoms with Crippen LogP contribution in [0.1, 0.15) is 0 Å². The number of carbonyl (C=O) groups is 2. The molecule has 0 heterocycles. The number of carbonyl (C=O) groups excluding carboxylic acids is 2. The molecule has 0 fully saturated rings. The van der Waals surface area contributed by atoms with Gasteiger partial charge >= 0.3 is 6.09 Å². The Kier molecular flexibility index (Phi) is 5.57. The van der Waals surface area contributed by atoms with E-state index in [1.165, 1.54) is 21.3 Å². The summed E-state index contributed by atoms with van der Waals surface area (Å²) in [6.45, 7) is 0.